The van der Waals surface area contributed by atoms with Crippen molar-refractivity contribution in [2.45, 2.75) is 31.7 Å². The summed E-state index contributed by atoms with van der Waals surface area (Å²) in [5.74, 6) is -0.895. The van der Waals surface area contributed by atoms with Crippen LogP contribution in [-0.4, -0.2) is 65.5 Å². The van der Waals surface area contributed by atoms with Crippen molar-refractivity contribution in [2.75, 3.05) is 32.7 Å². The summed E-state index contributed by atoms with van der Waals surface area (Å²) in [5, 5.41) is 8.93. The molecule has 2 fully saturated rings. The SMILES string of the molecule is NC1CCN(CC(=O)N2CCC(C(=O)O)CC2)CC1. The summed E-state index contributed by atoms with van der Waals surface area (Å²) >= 11 is 0. The summed E-state index contributed by atoms with van der Waals surface area (Å²) in [6.45, 7) is 3.37. The largest absolute Gasteiger partial charge is 0.481 e. The second kappa shape index (κ2) is 6.34. The normalized spacial score (nSPS) is 23.5. The number of carbonyl (C=O) groups excluding carboxylic acids is 1. The van der Waals surface area contributed by atoms with Crippen molar-refractivity contribution in [2.24, 2.45) is 11.7 Å². The lowest BCUT2D eigenvalue weighted by Gasteiger charge is -2.34. The first-order valence-electron chi connectivity index (χ1n) is 7.05. The summed E-state index contributed by atoms with van der Waals surface area (Å²) in [7, 11) is 0. The van der Waals surface area contributed by atoms with Gasteiger partial charge in [0.05, 0.1) is 12.5 Å². The Bertz CT molecular complexity index is 332. The van der Waals surface area contributed by atoms with E-state index in [9.17, 15) is 9.59 Å². The Morgan fingerprint density at radius 1 is 1.05 bits per heavy atom. The molecule has 0 unspecified atom stereocenters. The number of amides is 1. The highest BCUT2D eigenvalue weighted by Crippen LogP contribution is 2.18. The van der Waals surface area contributed by atoms with Crippen LogP contribution in [0, 0.1) is 5.92 Å². The van der Waals surface area contributed by atoms with Gasteiger partial charge in [-0.05, 0) is 25.7 Å². The van der Waals surface area contributed by atoms with Crippen molar-refractivity contribution < 1.29 is 14.7 Å². The van der Waals surface area contributed by atoms with Crippen molar-refractivity contribution in [3.8, 4) is 0 Å². The molecule has 2 saturated heterocycles. The lowest BCUT2D eigenvalue weighted by Crippen LogP contribution is -2.48. The first-order chi connectivity index (χ1) is 9.06. The average molecular weight is 269 g/mol. The summed E-state index contributed by atoms with van der Waals surface area (Å²) in [5.41, 5.74) is 5.84. The van der Waals surface area contributed by atoms with Gasteiger partial charge in [-0.1, -0.05) is 0 Å². The summed E-state index contributed by atoms with van der Waals surface area (Å²) in [6.07, 6.45) is 3.06. The summed E-state index contributed by atoms with van der Waals surface area (Å²) in [4.78, 5) is 26.9. The Balaban J connectivity index is 1.74. The monoisotopic (exact) mass is 269 g/mol. The van der Waals surface area contributed by atoms with E-state index in [1.165, 1.54) is 0 Å². The zero-order valence-electron chi connectivity index (χ0n) is 11.3. The van der Waals surface area contributed by atoms with E-state index in [1.807, 2.05) is 0 Å². The Kier molecular flexibility index (Phi) is 4.76. The number of piperidine rings is 2. The molecule has 0 atom stereocenters. The van der Waals surface area contributed by atoms with Crippen LogP contribution in [0.1, 0.15) is 25.7 Å². The fourth-order valence-electron chi connectivity index (χ4n) is 2.78. The molecule has 0 saturated carbocycles. The molecular formula is C13H23N3O3. The van der Waals surface area contributed by atoms with Gasteiger partial charge in [0.2, 0.25) is 5.91 Å². The fourth-order valence-corrected chi connectivity index (χ4v) is 2.78. The second-order valence-electron chi connectivity index (χ2n) is 5.61. The molecule has 19 heavy (non-hydrogen) atoms. The number of carbonyl (C=O) groups is 2. The van der Waals surface area contributed by atoms with E-state index in [-0.39, 0.29) is 17.9 Å². The zero-order valence-corrected chi connectivity index (χ0v) is 11.3. The zero-order chi connectivity index (χ0) is 13.8. The topological polar surface area (TPSA) is 86.9 Å². The van der Waals surface area contributed by atoms with Gasteiger partial charge < -0.3 is 15.7 Å². The van der Waals surface area contributed by atoms with Crippen molar-refractivity contribution in [3.63, 3.8) is 0 Å². The van der Waals surface area contributed by atoms with E-state index in [0.29, 0.717) is 32.5 Å². The van der Waals surface area contributed by atoms with Crippen LogP contribution in [0.4, 0.5) is 0 Å². The molecule has 108 valence electrons. The van der Waals surface area contributed by atoms with Crippen LogP contribution in [0.15, 0.2) is 0 Å². The number of hydrogen-bond acceptors (Lipinski definition) is 4. The molecule has 3 N–H and O–H groups in total. The van der Waals surface area contributed by atoms with Crippen molar-refractivity contribution >= 4 is 11.9 Å². The number of nitrogens with two attached hydrogens (primary N) is 1. The van der Waals surface area contributed by atoms with Gasteiger partial charge in [-0.2, -0.15) is 0 Å². The van der Waals surface area contributed by atoms with E-state index in [1.54, 1.807) is 4.90 Å². The molecule has 2 aliphatic rings. The highest BCUT2D eigenvalue weighted by atomic mass is 16.4. The molecule has 0 bridgehead atoms. The minimum atomic E-state index is -0.739. The van der Waals surface area contributed by atoms with Crippen LogP contribution in [0.3, 0.4) is 0 Å². The molecule has 0 aromatic rings. The second-order valence-corrected chi connectivity index (χ2v) is 5.61. The first kappa shape index (κ1) is 14.3. The Morgan fingerprint density at radius 3 is 2.16 bits per heavy atom. The number of likely N-dealkylation sites (tertiary alicyclic amines) is 2. The minimum Gasteiger partial charge on any atom is -0.481 e. The third-order valence-corrected chi connectivity index (χ3v) is 4.19. The molecule has 2 rings (SSSR count). The third-order valence-electron chi connectivity index (χ3n) is 4.19. The molecular weight excluding hydrogens is 246 g/mol. The molecule has 0 radical (unpaired) electrons. The standard InChI is InChI=1S/C13H23N3O3/c14-11-3-5-15(6-4-11)9-12(17)16-7-1-10(2-8-16)13(18)19/h10-11H,1-9,14H2,(H,18,19). The maximum absolute atomic E-state index is 12.1. The maximum Gasteiger partial charge on any atom is 0.306 e. The number of nitrogens with zero attached hydrogens (tertiary/aromatic N) is 2. The summed E-state index contributed by atoms with van der Waals surface area (Å²) < 4.78 is 0. The first-order valence-corrected chi connectivity index (χ1v) is 7.05. The maximum atomic E-state index is 12.1. The number of carboxylic acid groups (broad SMARTS) is 1. The number of carboxylic acids is 1. The molecule has 6 heteroatoms. The number of hydrogen-bond donors (Lipinski definition) is 2. The highest BCUT2D eigenvalue weighted by Gasteiger charge is 2.28. The van der Waals surface area contributed by atoms with Gasteiger partial charge >= 0.3 is 5.97 Å². The smallest absolute Gasteiger partial charge is 0.306 e. The van der Waals surface area contributed by atoms with Gasteiger partial charge in [-0.3, -0.25) is 14.5 Å². The van der Waals surface area contributed by atoms with Crippen molar-refractivity contribution in [3.05, 3.63) is 0 Å². The van der Waals surface area contributed by atoms with Crippen LogP contribution in [0.5, 0.6) is 0 Å². The van der Waals surface area contributed by atoms with Crippen LogP contribution >= 0.6 is 0 Å². The van der Waals surface area contributed by atoms with Gasteiger partial charge in [0.15, 0.2) is 0 Å². The predicted molar refractivity (Wildman–Crippen MR) is 70.6 cm³/mol. The van der Waals surface area contributed by atoms with E-state index in [4.69, 9.17) is 10.8 Å². The number of aliphatic carboxylic acids is 1. The van der Waals surface area contributed by atoms with Crippen molar-refractivity contribution in [1.82, 2.24) is 9.80 Å². The average Bonchev–Trinajstić information content (AvgIpc) is 2.41. The fraction of sp³-hybridized carbons (Fsp3) is 0.846. The highest BCUT2D eigenvalue weighted by molar-refractivity contribution is 5.79. The van der Waals surface area contributed by atoms with E-state index >= 15 is 0 Å². The van der Waals surface area contributed by atoms with Crippen LogP contribution in [-0.2, 0) is 9.59 Å². The Labute approximate surface area is 113 Å². The predicted octanol–water partition coefficient (Wildman–Crippen LogP) is -0.267. The lowest BCUT2D eigenvalue weighted by molar-refractivity contribution is -0.146. The molecule has 0 aromatic carbocycles. The lowest BCUT2D eigenvalue weighted by atomic mass is 9.97. The van der Waals surface area contributed by atoms with Gasteiger partial charge in [-0.25, -0.2) is 0 Å². The van der Waals surface area contributed by atoms with Crippen molar-refractivity contribution in [1.29, 1.82) is 0 Å². The van der Waals surface area contributed by atoms with E-state index in [2.05, 4.69) is 4.90 Å². The molecule has 6 nitrogen and oxygen atoms in total. The molecule has 2 heterocycles. The molecule has 0 aromatic heterocycles. The molecule has 2 aliphatic heterocycles. The van der Waals surface area contributed by atoms with Gasteiger partial charge in [0, 0.05) is 32.2 Å². The Morgan fingerprint density at radius 2 is 1.63 bits per heavy atom. The quantitative estimate of drug-likeness (QED) is 0.736. The van der Waals surface area contributed by atoms with Gasteiger partial charge in [-0.15, -0.1) is 0 Å². The summed E-state index contributed by atoms with van der Waals surface area (Å²) in [6, 6.07) is 0.276. The number of rotatable bonds is 3. The minimum absolute atomic E-state index is 0.124. The van der Waals surface area contributed by atoms with Crippen LogP contribution < -0.4 is 5.73 Å². The van der Waals surface area contributed by atoms with Gasteiger partial charge in [0.1, 0.15) is 0 Å². The Hall–Kier alpha value is -1.14. The van der Waals surface area contributed by atoms with E-state index < -0.39 is 5.97 Å². The van der Waals surface area contributed by atoms with Crippen LogP contribution in [0.25, 0.3) is 0 Å². The van der Waals surface area contributed by atoms with E-state index in [0.717, 1.165) is 25.9 Å². The van der Waals surface area contributed by atoms with Crippen LogP contribution in [0.2, 0.25) is 0 Å². The molecule has 0 spiro atoms. The third kappa shape index (κ3) is 3.91. The molecule has 0 aliphatic carbocycles. The molecule has 1 amide bonds. The van der Waals surface area contributed by atoms with Gasteiger partial charge in [0.25, 0.3) is 0 Å².